The lowest BCUT2D eigenvalue weighted by Gasteiger charge is -2.29. The van der Waals surface area contributed by atoms with E-state index in [1.807, 2.05) is 12.1 Å². The maximum absolute atomic E-state index is 12.7. The van der Waals surface area contributed by atoms with Crippen molar-refractivity contribution in [1.29, 1.82) is 0 Å². The molecule has 2 aromatic rings. The van der Waals surface area contributed by atoms with Gasteiger partial charge in [-0.15, -0.1) is 0 Å². The van der Waals surface area contributed by atoms with E-state index in [0.29, 0.717) is 0 Å². The first-order valence-corrected chi connectivity index (χ1v) is 8.20. The standard InChI is InChI=1S/C19H24N2O/c1-3-19(12-7-13-20-19)18(22)21-14(2)16-11-6-9-15-8-4-5-10-17(15)16/h4-6,8-11,14,20H,3,7,12-13H2,1-2H3,(H,21,22). The molecule has 3 rings (SSSR count). The number of hydrogen-bond donors (Lipinski definition) is 2. The second-order valence-corrected chi connectivity index (χ2v) is 6.23. The van der Waals surface area contributed by atoms with Crippen LogP contribution in [0.1, 0.15) is 44.7 Å². The van der Waals surface area contributed by atoms with Crippen LogP contribution in [0.3, 0.4) is 0 Å². The van der Waals surface area contributed by atoms with Crippen LogP contribution in [0.2, 0.25) is 0 Å². The molecule has 3 nitrogen and oxygen atoms in total. The summed E-state index contributed by atoms with van der Waals surface area (Å²) >= 11 is 0. The monoisotopic (exact) mass is 296 g/mol. The van der Waals surface area contributed by atoms with Gasteiger partial charge in [-0.2, -0.15) is 0 Å². The first kappa shape index (κ1) is 15.0. The SMILES string of the molecule is CCC1(C(=O)NC(C)c2cccc3ccccc23)CCCN1. The molecule has 2 aromatic carbocycles. The van der Waals surface area contributed by atoms with Crippen molar-refractivity contribution < 1.29 is 4.79 Å². The highest BCUT2D eigenvalue weighted by molar-refractivity contribution is 5.89. The number of hydrogen-bond acceptors (Lipinski definition) is 2. The fourth-order valence-electron chi connectivity index (χ4n) is 3.50. The van der Waals surface area contributed by atoms with Gasteiger partial charge >= 0.3 is 0 Å². The van der Waals surface area contributed by atoms with E-state index in [1.165, 1.54) is 16.3 Å². The molecule has 2 N–H and O–H groups in total. The Bertz CT molecular complexity index is 669. The lowest BCUT2D eigenvalue weighted by Crippen LogP contribution is -2.53. The molecule has 1 saturated heterocycles. The van der Waals surface area contributed by atoms with Crippen LogP contribution in [0.5, 0.6) is 0 Å². The maximum Gasteiger partial charge on any atom is 0.240 e. The molecule has 1 heterocycles. The normalized spacial score (nSPS) is 22.6. The van der Waals surface area contributed by atoms with E-state index in [-0.39, 0.29) is 17.5 Å². The van der Waals surface area contributed by atoms with Crippen molar-refractivity contribution in [1.82, 2.24) is 10.6 Å². The Labute approximate surface area is 132 Å². The second-order valence-electron chi connectivity index (χ2n) is 6.23. The average Bonchev–Trinajstić information content (AvgIpc) is 3.04. The summed E-state index contributed by atoms with van der Waals surface area (Å²) in [6.07, 6.45) is 2.84. The second kappa shape index (κ2) is 6.09. The Morgan fingerprint density at radius 3 is 2.77 bits per heavy atom. The molecular weight excluding hydrogens is 272 g/mol. The maximum atomic E-state index is 12.7. The molecule has 1 aliphatic rings. The minimum Gasteiger partial charge on any atom is -0.348 e. The van der Waals surface area contributed by atoms with Crippen LogP contribution < -0.4 is 10.6 Å². The van der Waals surface area contributed by atoms with E-state index in [2.05, 4.69) is 54.8 Å². The van der Waals surface area contributed by atoms with Crippen molar-refractivity contribution >= 4 is 16.7 Å². The number of carbonyl (C=O) groups excluding carboxylic acids is 1. The molecule has 116 valence electrons. The van der Waals surface area contributed by atoms with Gasteiger partial charge in [0.1, 0.15) is 0 Å². The topological polar surface area (TPSA) is 41.1 Å². The summed E-state index contributed by atoms with van der Waals surface area (Å²) in [5.74, 6) is 0.132. The zero-order valence-corrected chi connectivity index (χ0v) is 13.4. The van der Waals surface area contributed by atoms with Crippen LogP contribution in [0.4, 0.5) is 0 Å². The Kier molecular flexibility index (Phi) is 4.16. The zero-order chi connectivity index (χ0) is 15.6. The molecule has 2 atom stereocenters. The zero-order valence-electron chi connectivity index (χ0n) is 13.4. The van der Waals surface area contributed by atoms with Gasteiger partial charge in [-0.05, 0) is 49.1 Å². The van der Waals surface area contributed by atoms with Crippen LogP contribution in [0.25, 0.3) is 10.8 Å². The number of rotatable bonds is 4. The molecule has 0 bridgehead atoms. The Morgan fingerprint density at radius 2 is 2.05 bits per heavy atom. The third kappa shape index (κ3) is 2.61. The van der Waals surface area contributed by atoms with Crippen molar-refractivity contribution in [2.24, 2.45) is 0 Å². The summed E-state index contributed by atoms with van der Waals surface area (Å²) in [5.41, 5.74) is 0.800. The lowest BCUT2D eigenvalue weighted by molar-refractivity contribution is -0.127. The average molecular weight is 296 g/mol. The third-order valence-corrected chi connectivity index (χ3v) is 4.92. The van der Waals surface area contributed by atoms with Gasteiger partial charge in [-0.1, -0.05) is 49.4 Å². The van der Waals surface area contributed by atoms with Gasteiger partial charge in [-0.3, -0.25) is 4.79 Å². The highest BCUT2D eigenvalue weighted by Gasteiger charge is 2.39. The molecule has 0 aliphatic carbocycles. The fraction of sp³-hybridized carbons (Fsp3) is 0.421. The van der Waals surface area contributed by atoms with Crippen LogP contribution in [-0.4, -0.2) is 18.0 Å². The Hall–Kier alpha value is -1.87. The van der Waals surface area contributed by atoms with Crippen molar-refractivity contribution in [3.63, 3.8) is 0 Å². The van der Waals surface area contributed by atoms with E-state index in [9.17, 15) is 4.79 Å². The highest BCUT2D eigenvalue weighted by Crippen LogP contribution is 2.27. The summed E-state index contributed by atoms with van der Waals surface area (Å²) in [4.78, 5) is 12.7. The molecule has 0 spiro atoms. The lowest BCUT2D eigenvalue weighted by atomic mass is 9.92. The van der Waals surface area contributed by atoms with Crippen molar-refractivity contribution in [2.45, 2.75) is 44.7 Å². The van der Waals surface area contributed by atoms with Gasteiger partial charge in [0.15, 0.2) is 0 Å². The minimum absolute atomic E-state index is 0.00410. The number of carbonyl (C=O) groups is 1. The van der Waals surface area contributed by atoms with Crippen LogP contribution in [-0.2, 0) is 4.79 Å². The summed E-state index contributed by atoms with van der Waals surface area (Å²) < 4.78 is 0. The molecular formula is C19H24N2O. The highest BCUT2D eigenvalue weighted by atomic mass is 16.2. The van der Waals surface area contributed by atoms with E-state index in [1.54, 1.807) is 0 Å². The van der Waals surface area contributed by atoms with Crippen molar-refractivity contribution in [3.05, 3.63) is 48.0 Å². The van der Waals surface area contributed by atoms with Gasteiger partial charge in [0.2, 0.25) is 5.91 Å². The van der Waals surface area contributed by atoms with Gasteiger partial charge in [0.05, 0.1) is 11.6 Å². The largest absolute Gasteiger partial charge is 0.348 e. The molecule has 0 radical (unpaired) electrons. The van der Waals surface area contributed by atoms with Gasteiger partial charge < -0.3 is 10.6 Å². The van der Waals surface area contributed by atoms with E-state index >= 15 is 0 Å². The molecule has 0 aromatic heterocycles. The quantitative estimate of drug-likeness (QED) is 0.906. The first-order valence-electron chi connectivity index (χ1n) is 8.20. The van der Waals surface area contributed by atoms with Crippen LogP contribution >= 0.6 is 0 Å². The molecule has 1 aliphatic heterocycles. The smallest absolute Gasteiger partial charge is 0.240 e. The fourth-order valence-corrected chi connectivity index (χ4v) is 3.50. The summed E-state index contributed by atoms with van der Waals surface area (Å²) in [7, 11) is 0. The third-order valence-electron chi connectivity index (χ3n) is 4.92. The Morgan fingerprint density at radius 1 is 1.27 bits per heavy atom. The van der Waals surface area contributed by atoms with Crippen LogP contribution in [0.15, 0.2) is 42.5 Å². The number of nitrogens with one attached hydrogen (secondary N) is 2. The van der Waals surface area contributed by atoms with Gasteiger partial charge in [-0.25, -0.2) is 0 Å². The minimum atomic E-state index is -0.376. The summed E-state index contributed by atoms with van der Waals surface area (Å²) in [6, 6.07) is 14.6. The van der Waals surface area contributed by atoms with Crippen molar-refractivity contribution in [2.75, 3.05) is 6.54 Å². The van der Waals surface area contributed by atoms with E-state index in [0.717, 1.165) is 25.8 Å². The molecule has 1 fully saturated rings. The summed E-state index contributed by atoms with van der Waals surface area (Å²) in [5, 5.41) is 9.05. The Balaban J connectivity index is 1.84. The molecule has 2 unspecified atom stereocenters. The van der Waals surface area contributed by atoms with Gasteiger partial charge in [0, 0.05) is 0 Å². The van der Waals surface area contributed by atoms with E-state index in [4.69, 9.17) is 0 Å². The van der Waals surface area contributed by atoms with Crippen molar-refractivity contribution in [3.8, 4) is 0 Å². The number of amides is 1. The molecule has 22 heavy (non-hydrogen) atoms. The predicted octanol–water partition coefficient (Wildman–Crippen LogP) is 3.55. The number of benzene rings is 2. The van der Waals surface area contributed by atoms with E-state index < -0.39 is 0 Å². The predicted molar refractivity (Wildman–Crippen MR) is 90.8 cm³/mol. The van der Waals surface area contributed by atoms with Gasteiger partial charge in [0.25, 0.3) is 0 Å². The molecule has 3 heteroatoms. The molecule has 0 saturated carbocycles. The number of fused-ring (bicyclic) bond motifs is 1. The summed E-state index contributed by atoms with van der Waals surface area (Å²) in [6.45, 7) is 5.09. The molecule has 1 amide bonds. The first-order chi connectivity index (χ1) is 10.7. The van der Waals surface area contributed by atoms with Crippen LogP contribution in [0, 0.1) is 0 Å².